The summed E-state index contributed by atoms with van der Waals surface area (Å²) in [4.78, 5) is 28.9. The number of aromatic hydroxyl groups is 1. The van der Waals surface area contributed by atoms with E-state index >= 15 is 0 Å². The molecular formula is C29H27N3O3. The number of rotatable bonds is 6. The number of nitrogens with zero attached hydrogens (tertiary/aromatic N) is 1. The Hall–Kier alpha value is -4.32. The van der Waals surface area contributed by atoms with Crippen LogP contribution in [0.5, 0.6) is 5.75 Å². The topological polar surface area (TPSA) is 87.1 Å². The van der Waals surface area contributed by atoms with E-state index in [1.165, 1.54) is 6.92 Å². The number of H-pyrrole nitrogens is 1. The summed E-state index contributed by atoms with van der Waals surface area (Å²) >= 11 is 0. The highest BCUT2D eigenvalue weighted by molar-refractivity contribution is 5.88. The summed E-state index contributed by atoms with van der Waals surface area (Å²) in [6, 6.07) is 25.1. The van der Waals surface area contributed by atoms with Gasteiger partial charge >= 0.3 is 0 Å². The number of nitrogens with one attached hydrogen (secondary N) is 2. The summed E-state index contributed by atoms with van der Waals surface area (Å²) in [6.45, 7) is 1.97. The minimum atomic E-state index is -0.528. The van der Waals surface area contributed by atoms with Gasteiger partial charge in [0.1, 0.15) is 5.75 Å². The molecule has 0 unspecified atom stereocenters. The first-order valence-electron chi connectivity index (χ1n) is 11.7. The predicted octanol–water partition coefficient (Wildman–Crippen LogP) is 4.58. The average Bonchev–Trinajstić information content (AvgIpc) is 3.23. The van der Waals surface area contributed by atoms with Crippen LogP contribution in [-0.4, -0.2) is 27.1 Å². The van der Waals surface area contributed by atoms with E-state index in [4.69, 9.17) is 0 Å². The molecule has 0 aliphatic carbocycles. The monoisotopic (exact) mass is 465 g/mol. The Morgan fingerprint density at radius 1 is 0.971 bits per heavy atom. The second kappa shape index (κ2) is 9.14. The number of hydrogen-bond donors (Lipinski definition) is 3. The third-order valence-electron chi connectivity index (χ3n) is 6.62. The van der Waals surface area contributed by atoms with Crippen molar-refractivity contribution < 1.29 is 9.90 Å². The van der Waals surface area contributed by atoms with E-state index in [2.05, 4.69) is 10.3 Å². The van der Waals surface area contributed by atoms with Crippen molar-refractivity contribution in [1.29, 1.82) is 0 Å². The molecule has 176 valence electrons. The van der Waals surface area contributed by atoms with Crippen molar-refractivity contribution in [2.24, 2.45) is 7.05 Å². The highest BCUT2D eigenvalue weighted by atomic mass is 16.3. The molecule has 0 aliphatic rings. The lowest BCUT2D eigenvalue weighted by Crippen LogP contribution is -2.26. The number of aromatic nitrogens is 2. The molecule has 6 nitrogen and oxygen atoms in total. The van der Waals surface area contributed by atoms with E-state index in [1.807, 2.05) is 78.9 Å². The van der Waals surface area contributed by atoms with E-state index in [1.54, 1.807) is 11.6 Å². The van der Waals surface area contributed by atoms with Gasteiger partial charge in [0.05, 0.1) is 17.0 Å². The van der Waals surface area contributed by atoms with Crippen LogP contribution in [0, 0.1) is 0 Å². The quantitative estimate of drug-likeness (QED) is 0.343. The fraction of sp³-hybridized carbons (Fsp3) is 0.172. The van der Waals surface area contributed by atoms with Crippen LogP contribution in [0.15, 0.2) is 83.7 Å². The van der Waals surface area contributed by atoms with E-state index in [9.17, 15) is 14.7 Å². The van der Waals surface area contributed by atoms with Crippen LogP contribution < -0.4 is 10.9 Å². The third kappa shape index (κ3) is 3.97. The molecule has 5 rings (SSSR count). The molecule has 35 heavy (non-hydrogen) atoms. The van der Waals surface area contributed by atoms with Crippen molar-refractivity contribution >= 4 is 27.7 Å². The molecule has 0 spiro atoms. The van der Waals surface area contributed by atoms with Gasteiger partial charge in [-0.3, -0.25) is 9.59 Å². The zero-order chi connectivity index (χ0) is 24.5. The van der Waals surface area contributed by atoms with Gasteiger partial charge in [-0.15, -0.1) is 0 Å². The van der Waals surface area contributed by atoms with E-state index in [-0.39, 0.29) is 17.2 Å². The van der Waals surface area contributed by atoms with Crippen LogP contribution >= 0.6 is 0 Å². The van der Waals surface area contributed by atoms with Crippen molar-refractivity contribution in [2.75, 3.05) is 6.54 Å². The number of hydrogen-bond acceptors (Lipinski definition) is 3. The number of fused-ring (bicyclic) bond motifs is 2. The van der Waals surface area contributed by atoms with Gasteiger partial charge in [-0.2, -0.15) is 0 Å². The van der Waals surface area contributed by atoms with Crippen molar-refractivity contribution in [1.82, 2.24) is 14.9 Å². The Labute approximate surface area is 202 Å². The number of carbonyl (C=O) groups excluding carboxylic acids is 1. The minimum Gasteiger partial charge on any atom is -0.507 e. The van der Waals surface area contributed by atoms with Gasteiger partial charge in [-0.25, -0.2) is 0 Å². The molecule has 3 N–H and O–H groups in total. The summed E-state index contributed by atoms with van der Waals surface area (Å²) < 4.78 is 1.60. The SMILES string of the molecule is CC(=O)NCCc1c([C@@H](c2ccccc2)c2c(O)c3ccccc3n(C)c2=O)[nH]c2ccccc12. The Balaban J connectivity index is 1.82. The standard InChI is InChI=1S/C29H27N3O3/c1-18(33)30-17-16-21-20-12-6-8-14-23(20)31-27(21)25(19-10-4-3-5-11-19)26-28(34)22-13-7-9-15-24(22)32(2)29(26)35/h3-15,25,31,34H,16-17H2,1-2H3,(H,30,33)/t25-/m0/s1. The van der Waals surface area contributed by atoms with Crippen molar-refractivity contribution in [3.05, 3.63) is 112 Å². The maximum Gasteiger partial charge on any atom is 0.258 e. The van der Waals surface area contributed by atoms with Crippen LogP contribution in [-0.2, 0) is 18.3 Å². The van der Waals surface area contributed by atoms with E-state index in [0.717, 1.165) is 27.7 Å². The zero-order valence-corrected chi connectivity index (χ0v) is 19.7. The van der Waals surface area contributed by atoms with Gasteiger partial charge in [-0.05, 0) is 35.7 Å². The highest BCUT2D eigenvalue weighted by Crippen LogP contribution is 2.40. The molecule has 0 saturated carbocycles. The number of pyridine rings is 1. The summed E-state index contributed by atoms with van der Waals surface area (Å²) in [5.74, 6) is -0.629. The molecule has 0 bridgehead atoms. The lowest BCUT2D eigenvalue weighted by Gasteiger charge is -2.22. The molecule has 0 saturated heterocycles. The number of carbonyl (C=O) groups is 1. The maximum absolute atomic E-state index is 13.8. The first kappa shape index (κ1) is 22.5. The largest absolute Gasteiger partial charge is 0.507 e. The van der Waals surface area contributed by atoms with E-state index in [0.29, 0.717) is 29.4 Å². The molecule has 0 aliphatic heterocycles. The van der Waals surface area contributed by atoms with Gasteiger partial charge in [0.25, 0.3) is 5.56 Å². The summed E-state index contributed by atoms with van der Waals surface area (Å²) in [6.07, 6.45) is 0.580. The molecule has 1 atom stereocenters. The molecule has 0 fully saturated rings. The zero-order valence-electron chi connectivity index (χ0n) is 19.7. The lowest BCUT2D eigenvalue weighted by atomic mass is 9.85. The van der Waals surface area contributed by atoms with Crippen molar-refractivity contribution in [3.63, 3.8) is 0 Å². The van der Waals surface area contributed by atoms with Crippen LogP contribution in [0.2, 0.25) is 0 Å². The fourth-order valence-corrected chi connectivity index (χ4v) is 4.99. The minimum absolute atomic E-state index is 0.0102. The van der Waals surface area contributed by atoms with Gasteiger partial charge in [-0.1, -0.05) is 60.7 Å². The first-order chi connectivity index (χ1) is 17.0. The van der Waals surface area contributed by atoms with Crippen LogP contribution in [0.25, 0.3) is 21.8 Å². The molecule has 6 heteroatoms. The van der Waals surface area contributed by atoms with Gasteiger partial charge in [0.2, 0.25) is 5.91 Å². The number of aromatic amines is 1. The molecule has 5 aromatic rings. The van der Waals surface area contributed by atoms with Crippen LogP contribution in [0.4, 0.5) is 0 Å². The number of para-hydroxylation sites is 2. The van der Waals surface area contributed by atoms with Crippen molar-refractivity contribution in [2.45, 2.75) is 19.3 Å². The molecule has 3 aromatic carbocycles. The normalized spacial score (nSPS) is 12.2. The molecule has 1 amide bonds. The number of benzene rings is 3. The molecule has 2 aromatic heterocycles. The summed E-state index contributed by atoms with van der Waals surface area (Å²) in [5.41, 5.74) is 4.43. The number of amides is 1. The second-order valence-electron chi connectivity index (χ2n) is 8.78. The summed E-state index contributed by atoms with van der Waals surface area (Å²) in [5, 5.41) is 16.0. The third-order valence-corrected chi connectivity index (χ3v) is 6.62. The van der Waals surface area contributed by atoms with Gasteiger partial charge in [0.15, 0.2) is 0 Å². The van der Waals surface area contributed by atoms with Gasteiger partial charge < -0.3 is 20.0 Å². The fourth-order valence-electron chi connectivity index (χ4n) is 4.99. The molecule has 2 heterocycles. The highest BCUT2D eigenvalue weighted by Gasteiger charge is 2.30. The van der Waals surface area contributed by atoms with Crippen molar-refractivity contribution in [3.8, 4) is 5.75 Å². The van der Waals surface area contributed by atoms with Crippen LogP contribution in [0.3, 0.4) is 0 Å². The van der Waals surface area contributed by atoms with E-state index < -0.39 is 5.92 Å². The van der Waals surface area contributed by atoms with Gasteiger partial charge in [0, 0.05) is 42.5 Å². The first-order valence-corrected chi connectivity index (χ1v) is 11.7. The molecule has 0 radical (unpaired) electrons. The average molecular weight is 466 g/mol. The summed E-state index contributed by atoms with van der Waals surface area (Å²) in [7, 11) is 1.73. The number of aryl methyl sites for hydroxylation is 1. The lowest BCUT2D eigenvalue weighted by molar-refractivity contribution is -0.118. The Morgan fingerprint density at radius 3 is 2.37 bits per heavy atom. The molecular weight excluding hydrogens is 438 g/mol. The Bertz CT molecular complexity index is 1600. The smallest absolute Gasteiger partial charge is 0.258 e. The van der Waals surface area contributed by atoms with Crippen LogP contribution in [0.1, 0.15) is 35.2 Å². The Morgan fingerprint density at radius 2 is 1.63 bits per heavy atom. The second-order valence-corrected chi connectivity index (χ2v) is 8.78. The predicted molar refractivity (Wildman–Crippen MR) is 139 cm³/mol. The Kier molecular flexibility index (Phi) is 5.87. The maximum atomic E-state index is 13.8.